The van der Waals surface area contributed by atoms with E-state index in [9.17, 15) is 9.59 Å². The number of thiocarbonyl (C=S) groups is 1. The number of hydrazine groups is 1. The molecule has 0 radical (unpaired) electrons. The van der Waals surface area contributed by atoms with Crippen LogP contribution >= 0.6 is 35.4 Å². The minimum atomic E-state index is -0.451. The fraction of sp³-hybridized carbons (Fsp3) is 0.174. The predicted molar refractivity (Wildman–Crippen MR) is 133 cm³/mol. The van der Waals surface area contributed by atoms with Crippen LogP contribution < -0.4 is 25.6 Å². The average molecular weight is 506 g/mol. The maximum Gasteiger partial charge on any atom is 0.276 e. The Hall–Kier alpha value is -3.07. The number of rotatable bonds is 8. The van der Waals surface area contributed by atoms with Crippen LogP contribution in [0.15, 0.2) is 60.7 Å². The highest BCUT2D eigenvalue weighted by Crippen LogP contribution is 2.27. The molecule has 3 aromatic carbocycles. The summed E-state index contributed by atoms with van der Waals surface area (Å²) in [7, 11) is 0. The van der Waals surface area contributed by atoms with Crippen molar-refractivity contribution in [3.05, 3.63) is 70.7 Å². The van der Waals surface area contributed by atoms with Crippen LogP contribution in [0.1, 0.15) is 12.8 Å². The number of hydrogen-bond donors (Lipinski definition) is 3. The molecule has 3 aromatic rings. The van der Waals surface area contributed by atoms with E-state index in [0.29, 0.717) is 28.0 Å². The normalized spacial score (nSPS) is 10.4. The lowest BCUT2D eigenvalue weighted by molar-refractivity contribution is -0.124. The summed E-state index contributed by atoms with van der Waals surface area (Å²) in [5.41, 5.74) is 4.86. The van der Waals surface area contributed by atoms with Crippen molar-refractivity contribution in [3.63, 3.8) is 0 Å². The van der Waals surface area contributed by atoms with Gasteiger partial charge in [0.05, 0.1) is 11.6 Å². The lowest BCUT2D eigenvalue weighted by Crippen LogP contribution is -2.49. The van der Waals surface area contributed by atoms with E-state index in [2.05, 4.69) is 16.2 Å². The molecule has 0 heterocycles. The molecule has 2 amide bonds. The van der Waals surface area contributed by atoms with Gasteiger partial charge in [0.15, 0.2) is 11.7 Å². The highest BCUT2D eigenvalue weighted by molar-refractivity contribution is 7.80. The molecular weight excluding hydrogens is 485 g/mol. The molecule has 3 N–H and O–H groups in total. The third kappa shape index (κ3) is 7.78. The van der Waals surface area contributed by atoms with Gasteiger partial charge in [0.2, 0.25) is 5.91 Å². The number of ether oxygens (including phenoxy) is 2. The zero-order valence-electron chi connectivity index (χ0n) is 17.4. The number of fused-ring (bicyclic) bond motifs is 1. The highest BCUT2D eigenvalue weighted by Gasteiger charge is 2.09. The van der Waals surface area contributed by atoms with E-state index in [1.165, 1.54) is 0 Å². The number of carbonyl (C=O) groups excluding carboxylic acids is 2. The van der Waals surface area contributed by atoms with Crippen molar-refractivity contribution < 1.29 is 19.1 Å². The quantitative estimate of drug-likeness (QED) is 0.238. The first-order valence-electron chi connectivity index (χ1n) is 9.99. The molecule has 0 aliphatic heterocycles. The highest BCUT2D eigenvalue weighted by atomic mass is 35.5. The van der Waals surface area contributed by atoms with Gasteiger partial charge in [-0.2, -0.15) is 0 Å². The van der Waals surface area contributed by atoms with Crippen LogP contribution in [-0.2, 0) is 9.59 Å². The topological polar surface area (TPSA) is 88.7 Å². The average Bonchev–Trinajstić information content (AvgIpc) is 2.80. The van der Waals surface area contributed by atoms with Gasteiger partial charge >= 0.3 is 0 Å². The molecular formula is C23H21Cl2N3O4S. The van der Waals surface area contributed by atoms with Gasteiger partial charge in [-0.05, 0) is 48.3 Å². The fourth-order valence-electron chi connectivity index (χ4n) is 2.85. The molecule has 0 aliphatic rings. The summed E-state index contributed by atoms with van der Waals surface area (Å²) in [6.07, 6.45) is 0.615. The number of benzene rings is 3. The van der Waals surface area contributed by atoms with E-state index < -0.39 is 5.91 Å². The minimum Gasteiger partial charge on any atom is -0.492 e. The van der Waals surface area contributed by atoms with Crippen molar-refractivity contribution in [1.82, 2.24) is 16.2 Å². The van der Waals surface area contributed by atoms with Gasteiger partial charge in [-0.3, -0.25) is 20.4 Å². The number of nitrogens with one attached hydrogen (secondary N) is 3. The molecule has 10 heteroatoms. The monoisotopic (exact) mass is 505 g/mol. The Labute approximate surface area is 206 Å². The second kappa shape index (κ2) is 12.2. The maximum atomic E-state index is 12.0. The molecule has 0 unspecified atom stereocenters. The smallest absolute Gasteiger partial charge is 0.276 e. The lowest BCUT2D eigenvalue weighted by atomic mass is 10.1. The number of halogens is 2. The number of amides is 2. The summed E-state index contributed by atoms with van der Waals surface area (Å²) in [6.45, 7) is 0.0688. The van der Waals surface area contributed by atoms with Crippen molar-refractivity contribution in [2.75, 3.05) is 13.2 Å². The van der Waals surface area contributed by atoms with Crippen molar-refractivity contribution in [2.45, 2.75) is 12.8 Å². The number of hydrogen-bond acceptors (Lipinski definition) is 5. The number of carbonyl (C=O) groups is 2. The van der Waals surface area contributed by atoms with Crippen LogP contribution in [0, 0.1) is 0 Å². The molecule has 0 spiro atoms. The summed E-state index contributed by atoms with van der Waals surface area (Å²) >= 11 is 16.9. The van der Waals surface area contributed by atoms with E-state index in [4.69, 9.17) is 44.9 Å². The molecule has 172 valence electrons. The lowest BCUT2D eigenvalue weighted by Gasteiger charge is -2.12. The Morgan fingerprint density at radius 1 is 0.879 bits per heavy atom. The van der Waals surface area contributed by atoms with Crippen molar-refractivity contribution in [1.29, 1.82) is 0 Å². The Bertz CT molecular complexity index is 1150. The Balaban J connectivity index is 1.32. The Morgan fingerprint density at radius 3 is 2.48 bits per heavy atom. The van der Waals surface area contributed by atoms with Crippen LogP contribution in [0.4, 0.5) is 0 Å². The summed E-state index contributed by atoms with van der Waals surface area (Å²) in [5.74, 6) is 0.320. The van der Waals surface area contributed by atoms with E-state index in [1.807, 2.05) is 36.4 Å². The predicted octanol–water partition coefficient (Wildman–Crippen LogP) is 4.41. The fourth-order valence-corrected chi connectivity index (χ4v) is 3.48. The van der Waals surface area contributed by atoms with Gasteiger partial charge in [0, 0.05) is 16.8 Å². The van der Waals surface area contributed by atoms with E-state index in [-0.39, 0.29) is 30.7 Å². The molecule has 0 fully saturated rings. The Morgan fingerprint density at radius 2 is 1.67 bits per heavy atom. The van der Waals surface area contributed by atoms with Gasteiger partial charge in [-0.15, -0.1) is 0 Å². The molecule has 0 aliphatic carbocycles. The molecule has 0 atom stereocenters. The van der Waals surface area contributed by atoms with Gasteiger partial charge in [-0.1, -0.05) is 59.6 Å². The molecule has 0 saturated carbocycles. The zero-order valence-corrected chi connectivity index (χ0v) is 19.7. The molecule has 0 aromatic heterocycles. The molecule has 0 saturated heterocycles. The second-order valence-electron chi connectivity index (χ2n) is 6.84. The van der Waals surface area contributed by atoms with Crippen LogP contribution in [0.3, 0.4) is 0 Å². The first kappa shape index (κ1) is 24.6. The third-order valence-corrected chi connectivity index (χ3v) is 5.11. The van der Waals surface area contributed by atoms with Gasteiger partial charge in [0.1, 0.15) is 11.5 Å². The second-order valence-corrected chi connectivity index (χ2v) is 8.10. The maximum absolute atomic E-state index is 12.0. The Kier molecular flexibility index (Phi) is 9.12. The van der Waals surface area contributed by atoms with Crippen molar-refractivity contribution in [2.24, 2.45) is 0 Å². The van der Waals surface area contributed by atoms with E-state index >= 15 is 0 Å². The van der Waals surface area contributed by atoms with Crippen molar-refractivity contribution in [3.8, 4) is 11.5 Å². The zero-order chi connectivity index (χ0) is 23.6. The molecule has 7 nitrogen and oxygen atoms in total. The SMILES string of the molecule is O=C(COc1cccc2ccccc12)NNC(=S)NC(=O)CCCOc1ccc(Cl)cc1Cl. The van der Waals surface area contributed by atoms with E-state index in [0.717, 1.165) is 10.8 Å². The minimum absolute atomic E-state index is 0.0276. The summed E-state index contributed by atoms with van der Waals surface area (Å²) in [4.78, 5) is 24.0. The van der Waals surface area contributed by atoms with Crippen LogP contribution in [0.2, 0.25) is 10.0 Å². The molecule has 33 heavy (non-hydrogen) atoms. The largest absolute Gasteiger partial charge is 0.492 e. The molecule has 0 bridgehead atoms. The van der Waals surface area contributed by atoms with E-state index in [1.54, 1.807) is 24.3 Å². The first-order chi connectivity index (χ1) is 15.9. The van der Waals surface area contributed by atoms with Gasteiger partial charge < -0.3 is 14.8 Å². The summed E-state index contributed by atoms with van der Waals surface area (Å²) < 4.78 is 11.1. The van der Waals surface area contributed by atoms with Gasteiger partial charge in [-0.25, -0.2) is 0 Å². The first-order valence-corrected chi connectivity index (χ1v) is 11.2. The summed E-state index contributed by atoms with van der Waals surface area (Å²) in [5, 5.41) is 5.29. The van der Waals surface area contributed by atoms with Crippen LogP contribution in [0.5, 0.6) is 11.5 Å². The summed E-state index contributed by atoms with van der Waals surface area (Å²) in [6, 6.07) is 18.2. The third-order valence-electron chi connectivity index (χ3n) is 4.38. The van der Waals surface area contributed by atoms with Crippen LogP contribution in [-0.4, -0.2) is 30.1 Å². The van der Waals surface area contributed by atoms with Crippen molar-refractivity contribution >= 4 is 63.1 Å². The standard InChI is InChI=1S/C23H21Cl2N3O4S/c24-16-10-11-20(18(25)13-16)31-12-4-9-21(29)26-23(33)28-27-22(30)14-32-19-8-3-6-15-5-1-2-7-17(15)19/h1-3,5-8,10-11,13H,4,9,12,14H2,(H,27,30)(H2,26,28,29,33). The molecule has 3 rings (SSSR count). The van der Waals surface area contributed by atoms with Gasteiger partial charge in [0.25, 0.3) is 5.91 Å². The van der Waals surface area contributed by atoms with Crippen LogP contribution in [0.25, 0.3) is 10.8 Å².